The third kappa shape index (κ3) is 5.54. The molecule has 0 saturated heterocycles. The molecule has 4 nitrogen and oxygen atoms in total. The zero-order valence-corrected chi connectivity index (χ0v) is 14.5. The van der Waals surface area contributed by atoms with Crippen LogP contribution in [0.15, 0.2) is 42.5 Å². The van der Waals surface area contributed by atoms with E-state index in [1.165, 1.54) is 23.6 Å². The zero-order valence-electron chi connectivity index (χ0n) is 14.5. The van der Waals surface area contributed by atoms with Crippen molar-refractivity contribution in [3.05, 3.63) is 64.7 Å². The summed E-state index contributed by atoms with van der Waals surface area (Å²) in [6.45, 7) is 6.12. The number of aryl methyl sites for hydroxylation is 3. The van der Waals surface area contributed by atoms with Gasteiger partial charge < -0.3 is 10.6 Å². The van der Waals surface area contributed by atoms with E-state index in [-0.39, 0.29) is 11.8 Å². The number of benzene rings is 2. The second-order valence-electron chi connectivity index (χ2n) is 6.08. The van der Waals surface area contributed by atoms with Crippen LogP contribution in [0.1, 0.15) is 35.6 Å². The quantitative estimate of drug-likeness (QED) is 0.854. The SMILES string of the molecule is CC(=O)Nc1ccc(CNC(=O)CCc2ccc(C)cc2C)cc1. The normalized spacial score (nSPS) is 10.3. The zero-order chi connectivity index (χ0) is 17.5. The highest BCUT2D eigenvalue weighted by molar-refractivity contribution is 5.88. The van der Waals surface area contributed by atoms with Crippen molar-refractivity contribution >= 4 is 17.5 Å². The molecule has 0 radical (unpaired) electrons. The standard InChI is InChI=1S/C20H24N2O2/c1-14-4-7-18(15(2)12-14)8-11-20(24)21-13-17-5-9-19(10-6-17)22-16(3)23/h4-7,9-10,12H,8,11,13H2,1-3H3,(H,21,24)(H,22,23). The molecule has 126 valence electrons. The lowest BCUT2D eigenvalue weighted by Gasteiger charge is -2.09. The first-order chi connectivity index (χ1) is 11.4. The molecule has 0 bridgehead atoms. The molecule has 4 heteroatoms. The fourth-order valence-electron chi connectivity index (χ4n) is 2.57. The fraction of sp³-hybridized carbons (Fsp3) is 0.300. The Morgan fingerprint density at radius 3 is 2.33 bits per heavy atom. The van der Waals surface area contributed by atoms with Gasteiger partial charge in [-0.05, 0) is 49.1 Å². The first-order valence-corrected chi connectivity index (χ1v) is 8.13. The molecule has 2 aromatic rings. The third-order valence-corrected chi connectivity index (χ3v) is 3.88. The summed E-state index contributed by atoms with van der Waals surface area (Å²) in [4.78, 5) is 23.0. The monoisotopic (exact) mass is 324 g/mol. The van der Waals surface area contributed by atoms with Gasteiger partial charge in [0.1, 0.15) is 0 Å². The first kappa shape index (κ1) is 17.7. The molecule has 0 atom stereocenters. The van der Waals surface area contributed by atoms with E-state index in [2.05, 4.69) is 42.7 Å². The van der Waals surface area contributed by atoms with Crippen LogP contribution < -0.4 is 10.6 Å². The van der Waals surface area contributed by atoms with Gasteiger partial charge in [-0.15, -0.1) is 0 Å². The Morgan fingerprint density at radius 1 is 1.00 bits per heavy atom. The van der Waals surface area contributed by atoms with E-state index >= 15 is 0 Å². The molecular weight excluding hydrogens is 300 g/mol. The third-order valence-electron chi connectivity index (χ3n) is 3.88. The van der Waals surface area contributed by atoms with Gasteiger partial charge in [-0.25, -0.2) is 0 Å². The summed E-state index contributed by atoms with van der Waals surface area (Å²) >= 11 is 0. The van der Waals surface area contributed by atoms with Crippen molar-refractivity contribution in [2.24, 2.45) is 0 Å². The molecule has 0 aliphatic rings. The topological polar surface area (TPSA) is 58.2 Å². The van der Waals surface area contributed by atoms with E-state index in [1.807, 2.05) is 24.3 Å². The molecule has 0 aliphatic heterocycles. The van der Waals surface area contributed by atoms with E-state index in [9.17, 15) is 9.59 Å². The summed E-state index contributed by atoms with van der Waals surface area (Å²) in [5.41, 5.74) is 5.45. The van der Waals surface area contributed by atoms with Gasteiger partial charge in [-0.1, -0.05) is 35.9 Å². The number of rotatable bonds is 6. The molecule has 0 heterocycles. The summed E-state index contributed by atoms with van der Waals surface area (Å²) in [6.07, 6.45) is 1.23. The van der Waals surface area contributed by atoms with Crippen LogP contribution in [0.3, 0.4) is 0 Å². The number of nitrogens with one attached hydrogen (secondary N) is 2. The van der Waals surface area contributed by atoms with Gasteiger partial charge in [0.05, 0.1) is 0 Å². The minimum Gasteiger partial charge on any atom is -0.352 e. The Morgan fingerprint density at radius 2 is 1.71 bits per heavy atom. The van der Waals surface area contributed by atoms with E-state index in [0.29, 0.717) is 13.0 Å². The lowest BCUT2D eigenvalue weighted by atomic mass is 10.0. The van der Waals surface area contributed by atoms with Gasteiger partial charge in [-0.2, -0.15) is 0 Å². The van der Waals surface area contributed by atoms with Crippen LogP contribution >= 0.6 is 0 Å². The molecule has 24 heavy (non-hydrogen) atoms. The van der Waals surface area contributed by atoms with Crippen molar-refractivity contribution in [2.45, 2.75) is 40.2 Å². The smallest absolute Gasteiger partial charge is 0.221 e. The van der Waals surface area contributed by atoms with Crippen molar-refractivity contribution in [3.8, 4) is 0 Å². The lowest BCUT2D eigenvalue weighted by molar-refractivity contribution is -0.121. The van der Waals surface area contributed by atoms with Crippen LogP contribution in [-0.4, -0.2) is 11.8 Å². The molecule has 2 N–H and O–H groups in total. The van der Waals surface area contributed by atoms with Crippen molar-refractivity contribution in [1.82, 2.24) is 5.32 Å². The molecule has 0 aromatic heterocycles. The number of hydrogen-bond donors (Lipinski definition) is 2. The highest BCUT2D eigenvalue weighted by atomic mass is 16.2. The lowest BCUT2D eigenvalue weighted by Crippen LogP contribution is -2.23. The maximum atomic E-state index is 12.0. The maximum Gasteiger partial charge on any atom is 0.221 e. The van der Waals surface area contributed by atoms with Gasteiger partial charge in [0, 0.05) is 25.6 Å². The largest absolute Gasteiger partial charge is 0.352 e. The second-order valence-corrected chi connectivity index (χ2v) is 6.08. The van der Waals surface area contributed by atoms with E-state index in [0.717, 1.165) is 17.7 Å². The van der Waals surface area contributed by atoms with Crippen molar-refractivity contribution in [3.63, 3.8) is 0 Å². The van der Waals surface area contributed by atoms with Crippen LogP contribution in [0.25, 0.3) is 0 Å². The molecule has 0 unspecified atom stereocenters. The highest BCUT2D eigenvalue weighted by Gasteiger charge is 2.05. The number of carbonyl (C=O) groups excluding carboxylic acids is 2. The number of anilines is 1. The average Bonchev–Trinajstić information content (AvgIpc) is 2.53. The molecule has 0 saturated carbocycles. The van der Waals surface area contributed by atoms with Crippen LogP contribution in [0, 0.1) is 13.8 Å². The fourth-order valence-corrected chi connectivity index (χ4v) is 2.57. The minimum absolute atomic E-state index is 0.0425. The minimum atomic E-state index is -0.0950. The predicted molar refractivity (Wildman–Crippen MR) is 96.8 cm³/mol. The number of carbonyl (C=O) groups is 2. The highest BCUT2D eigenvalue weighted by Crippen LogP contribution is 2.13. The molecular formula is C20H24N2O2. The number of amides is 2. The Kier molecular flexibility index (Phi) is 6.13. The number of hydrogen-bond acceptors (Lipinski definition) is 2. The van der Waals surface area contributed by atoms with Crippen LogP contribution in [-0.2, 0) is 22.6 Å². The van der Waals surface area contributed by atoms with Crippen LogP contribution in [0.4, 0.5) is 5.69 Å². The summed E-state index contributed by atoms with van der Waals surface area (Å²) in [7, 11) is 0. The molecule has 0 aliphatic carbocycles. The Labute approximate surface area is 143 Å². The van der Waals surface area contributed by atoms with E-state index < -0.39 is 0 Å². The summed E-state index contributed by atoms with van der Waals surface area (Å²) in [5, 5.41) is 5.65. The van der Waals surface area contributed by atoms with Gasteiger partial charge >= 0.3 is 0 Å². The van der Waals surface area contributed by atoms with Gasteiger partial charge in [0.2, 0.25) is 11.8 Å². The van der Waals surface area contributed by atoms with Crippen molar-refractivity contribution in [2.75, 3.05) is 5.32 Å². The Bertz CT molecular complexity index is 721. The second kappa shape index (κ2) is 8.29. The van der Waals surface area contributed by atoms with Gasteiger partial charge in [-0.3, -0.25) is 9.59 Å². The summed E-state index contributed by atoms with van der Waals surface area (Å²) in [6, 6.07) is 13.8. The van der Waals surface area contributed by atoms with Gasteiger partial charge in [0.15, 0.2) is 0 Å². The van der Waals surface area contributed by atoms with Gasteiger partial charge in [0.25, 0.3) is 0 Å². The van der Waals surface area contributed by atoms with Crippen molar-refractivity contribution in [1.29, 1.82) is 0 Å². The van der Waals surface area contributed by atoms with Crippen LogP contribution in [0.2, 0.25) is 0 Å². The Balaban J connectivity index is 1.79. The molecule has 2 amide bonds. The van der Waals surface area contributed by atoms with E-state index in [4.69, 9.17) is 0 Å². The first-order valence-electron chi connectivity index (χ1n) is 8.13. The molecule has 2 rings (SSSR count). The summed E-state index contributed by atoms with van der Waals surface area (Å²) in [5.74, 6) is -0.0524. The van der Waals surface area contributed by atoms with Crippen molar-refractivity contribution < 1.29 is 9.59 Å². The summed E-state index contributed by atoms with van der Waals surface area (Å²) < 4.78 is 0. The molecule has 2 aromatic carbocycles. The predicted octanol–water partition coefficient (Wildman–Crippen LogP) is 3.51. The van der Waals surface area contributed by atoms with E-state index in [1.54, 1.807) is 0 Å². The molecule has 0 fully saturated rings. The maximum absolute atomic E-state index is 12.0. The average molecular weight is 324 g/mol. The molecule has 0 spiro atoms. The van der Waals surface area contributed by atoms with Crippen LogP contribution in [0.5, 0.6) is 0 Å². The Hall–Kier alpha value is -2.62.